The lowest BCUT2D eigenvalue weighted by molar-refractivity contribution is -0.112. The van der Waals surface area contributed by atoms with Crippen LogP contribution in [-0.4, -0.2) is 13.4 Å². The van der Waals surface area contributed by atoms with Crippen molar-refractivity contribution in [1.29, 1.82) is 0 Å². The largest absolute Gasteiger partial charge is 0.497 e. The minimum absolute atomic E-state index is 0.482. The number of rotatable bonds is 6. The molecule has 0 saturated carbocycles. The fourth-order valence-corrected chi connectivity index (χ4v) is 2.21. The summed E-state index contributed by atoms with van der Waals surface area (Å²) in [5, 5.41) is 0. The predicted octanol–water partition coefficient (Wildman–Crippen LogP) is 4.26. The van der Waals surface area contributed by atoms with Gasteiger partial charge in [0.25, 0.3) is 0 Å². The molecule has 0 aliphatic rings. The highest BCUT2D eigenvalue weighted by Gasteiger charge is 2.24. The fourth-order valence-electron chi connectivity index (χ4n) is 2.21. The molecule has 0 amide bonds. The summed E-state index contributed by atoms with van der Waals surface area (Å²) >= 11 is 0. The first kappa shape index (κ1) is 15.0. The standard InChI is InChI=1S/C19H20O2/c1-19(15-20,17-8-4-3-5-9-17)14-6-7-16-10-12-18(21-2)13-11-16/h3-13,15H,14H2,1-2H3/b7-6+. The van der Waals surface area contributed by atoms with Crippen molar-refractivity contribution in [2.75, 3.05) is 7.11 Å². The van der Waals surface area contributed by atoms with Gasteiger partial charge >= 0.3 is 0 Å². The lowest BCUT2D eigenvalue weighted by Crippen LogP contribution is -2.22. The van der Waals surface area contributed by atoms with Gasteiger partial charge in [0.15, 0.2) is 0 Å². The molecule has 0 radical (unpaired) electrons. The van der Waals surface area contributed by atoms with Gasteiger partial charge in [-0.15, -0.1) is 0 Å². The maximum atomic E-state index is 11.5. The molecule has 0 aliphatic carbocycles. The maximum Gasteiger partial charge on any atom is 0.130 e. The number of ether oxygens (including phenoxy) is 1. The smallest absolute Gasteiger partial charge is 0.130 e. The van der Waals surface area contributed by atoms with Crippen molar-refractivity contribution < 1.29 is 9.53 Å². The third-order valence-corrected chi connectivity index (χ3v) is 3.66. The van der Waals surface area contributed by atoms with E-state index in [0.717, 1.165) is 23.2 Å². The molecule has 1 unspecified atom stereocenters. The van der Waals surface area contributed by atoms with Gasteiger partial charge in [-0.3, -0.25) is 0 Å². The number of hydrogen-bond acceptors (Lipinski definition) is 2. The first-order valence-corrected chi connectivity index (χ1v) is 7.00. The van der Waals surface area contributed by atoms with Crippen molar-refractivity contribution in [3.63, 3.8) is 0 Å². The van der Waals surface area contributed by atoms with Crippen molar-refractivity contribution in [2.24, 2.45) is 0 Å². The van der Waals surface area contributed by atoms with Gasteiger partial charge < -0.3 is 9.53 Å². The number of benzene rings is 2. The van der Waals surface area contributed by atoms with Crippen LogP contribution in [0.1, 0.15) is 24.5 Å². The molecular formula is C19H20O2. The molecule has 2 rings (SSSR count). The molecule has 0 aromatic heterocycles. The number of allylic oxidation sites excluding steroid dienone is 1. The molecule has 0 heterocycles. The number of carbonyl (C=O) groups is 1. The average molecular weight is 280 g/mol. The van der Waals surface area contributed by atoms with Crippen LogP contribution in [0, 0.1) is 0 Å². The predicted molar refractivity (Wildman–Crippen MR) is 86.5 cm³/mol. The van der Waals surface area contributed by atoms with Gasteiger partial charge in [0, 0.05) is 0 Å². The zero-order valence-electron chi connectivity index (χ0n) is 12.5. The van der Waals surface area contributed by atoms with Gasteiger partial charge in [-0.25, -0.2) is 0 Å². The summed E-state index contributed by atoms with van der Waals surface area (Å²) in [4.78, 5) is 11.5. The fraction of sp³-hybridized carbons (Fsp3) is 0.211. The van der Waals surface area contributed by atoms with E-state index in [1.54, 1.807) is 7.11 Å². The molecule has 0 aliphatic heterocycles. The number of aldehydes is 1. The summed E-state index contributed by atoms with van der Waals surface area (Å²) in [6, 6.07) is 17.7. The number of carbonyl (C=O) groups excluding carboxylic acids is 1. The SMILES string of the molecule is COc1ccc(/C=C/CC(C)(C=O)c2ccccc2)cc1. The highest BCUT2D eigenvalue weighted by Crippen LogP contribution is 2.26. The Morgan fingerprint density at radius 1 is 1.05 bits per heavy atom. The van der Waals surface area contributed by atoms with Crippen LogP contribution in [0.15, 0.2) is 60.7 Å². The topological polar surface area (TPSA) is 26.3 Å². The molecule has 0 saturated heterocycles. The molecule has 1 atom stereocenters. The molecular weight excluding hydrogens is 260 g/mol. The Balaban J connectivity index is 2.08. The van der Waals surface area contributed by atoms with Crippen molar-refractivity contribution in [3.05, 3.63) is 71.8 Å². The van der Waals surface area contributed by atoms with Crippen LogP contribution in [0.2, 0.25) is 0 Å². The van der Waals surface area contributed by atoms with Gasteiger partial charge in [-0.2, -0.15) is 0 Å². The first-order valence-electron chi connectivity index (χ1n) is 7.00. The molecule has 0 N–H and O–H groups in total. The quantitative estimate of drug-likeness (QED) is 0.739. The Morgan fingerprint density at radius 3 is 2.29 bits per heavy atom. The Hall–Kier alpha value is -2.35. The highest BCUT2D eigenvalue weighted by atomic mass is 16.5. The Morgan fingerprint density at radius 2 is 1.71 bits per heavy atom. The van der Waals surface area contributed by atoms with Crippen molar-refractivity contribution in [1.82, 2.24) is 0 Å². The molecule has 21 heavy (non-hydrogen) atoms. The zero-order chi connectivity index (χ0) is 15.1. The molecule has 108 valence electrons. The summed E-state index contributed by atoms with van der Waals surface area (Å²) in [5.74, 6) is 0.842. The Kier molecular flexibility index (Phi) is 4.94. The van der Waals surface area contributed by atoms with Gasteiger partial charge in [-0.05, 0) is 36.6 Å². The molecule has 2 nitrogen and oxygen atoms in total. The van der Waals surface area contributed by atoms with Gasteiger partial charge in [0.05, 0.1) is 12.5 Å². The molecule has 2 aromatic rings. The van der Waals surface area contributed by atoms with E-state index in [2.05, 4.69) is 0 Å². The van der Waals surface area contributed by atoms with Crippen LogP contribution in [0.25, 0.3) is 6.08 Å². The molecule has 0 fully saturated rings. The molecule has 2 heteroatoms. The van der Waals surface area contributed by atoms with Crippen LogP contribution >= 0.6 is 0 Å². The van der Waals surface area contributed by atoms with Crippen LogP contribution < -0.4 is 4.74 Å². The van der Waals surface area contributed by atoms with Crippen LogP contribution in [0.5, 0.6) is 5.75 Å². The van der Waals surface area contributed by atoms with E-state index in [9.17, 15) is 4.79 Å². The van der Waals surface area contributed by atoms with E-state index < -0.39 is 5.41 Å². The van der Waals surface area contributed by atoms with E-state index >= 15 is 0 Å². The summed E-state index contributed by atoms with van der Waals surface area (Å²) in [5.41, 5.74) is 1.65. The zero-order valence-corrected chi connectivity index (χ0v) is 12.5. The molecule has 0 spiro atoms. The summed E-state index contributed by atoms with van der Waals surface area (Å²) in [7, 11) is 1.65. The summed E-state index contributed by atoms with van der Waals surface area (Å²) in [6.45, 7) is 1.97. The second kappa shape index (κ2) is 6.89. The van der Waals surface area contributed by atoms with Crippen LogP contribution in [-0.2, 0) is 10.2 Å². The minimum atomic E-state index is -0.482. The van der Waals surface area contributed by atoms with E-state index in [4.69, 9.17) is 4.74 Å². The molecule has 0 bridgehead atoms. The van der Waals surface area contributed by atoms with E-state index in [1.165, 1.54) is 0 Å². The van der Waals surface area contributed by atoms with Gasteiger partial charge in [-0.1, -0.05) is 54.6 Å². The van der Waals surface area contributed by atoms with Gasteiger partial charge in [0.2, 0.25) is 0 Å². The van der Waals surface area contributed by atoms with Crippen LogP contribution in [0.3, 0.4) is 0 Å². The Bertz CT molecular complexity index is 599. The minimum Gasteiger partial charge on any atom is -0.497 e. The van der Waals surface area contributed by atoms with E-state index in [-0.39, 0.29) is 0 Å². The second-order valence-electron chi connectivity index (χ2n) is 5.28. The van der Waals surface area contributed by atoms with Crippen molar-refractivity contribution in [2.45, 2.75) is 18.8 Å². The van der Waals surface area contributed by atoms with E-state index in [0.29, 0.717) is 6.42 Å². The number of methoxy groups -OCH3 is 1. The maximum absolute atomic E-state index is 11.5. The monoisotopic (exact) mass is 280 g/mol. The first-order chi connectivity index (χ1) is 10.2. The van der Waals surface area contributed by atoms with Crippen molar-refractivity contribution >= 4 is 12.4 Å². The second-order valence-corrected chi connectivity index (χ2v) is 5.28. The summed E-state index contributed by atoms with van der Waals surface area (Å²) < 4.78 is 5.13. The van der Waals surface area contributed by atoms with Crippen LogP contribution in [0.4, 0.5) is 0 Å². The Labute approximate surface area is 126 Å². The third-order valence-electron chi connectivity index (χ3n) is 3.66. The third kappa shape index (κ3) is 3.82. The molecule has 2 aromatic carbocycles. The number of hydrogen-bond donors (Lipinski definition) is 0. The van der Waals surface area contributed by atoms with Crippen molar-refractivity contribution in [3.8, 4) is 5.75 Å². The summed E-state index contributed by atoms with van der Waals surface area (Å²) in [6.07, 6.45) is 5.78. The lowest BCUT2D eigenvalue weighted by atomic mass is 9.81. The van der Waals surface area contributed by atoms with E-state index in [1.807, 2.05) is 73.7 Å². The average Bonchev–Trinajstić information content (AvgIpc) is 2.56. The normalized spacial score (nSPS) is 13.8. The van der Waals surface area contributed by atoms with Gasteiger partial charge in [0.1, 0.15) is 12.0 Å². The highest BCUT2D eigenvalue weighted by molar-refractivity contribution is 5.68. The lowest BCUT2D eigenvalue weighted by Gasteiger charge is -2.21.